The van der Waals surface area contributed by atoms with Crippen LogP contribution in [0.25, 0.3) is 0 Å². The van der Waals surface area contributed by atoms with Crippen LogP contribution in [0.15, 0.2) is 29.4 Å². The molecular weight excluding hydrogens is 425 g/mol. The van der Waals surface area contributed by atoms with E-state index < -0.39 is 0 Å². The molecule has 0 fully saturated rings. The zero-order valence-corrected chi connectivity index (χ0v) is 17.1. The number of rotatable bonds is 8. The number of amides is 1. The van der Waals surface area contributed by atoms with Crippen LogP contribution in [0.2, 0.25) is 0 Å². The maximum atomic E-state index is 12.1. The molecule has 6 nitrogen and oxygen atoms in total. The molecule has 0 atom stereocenters. The summed E-state index contributed by atoms with van der Waals surface area (Å²) in [5.74, 6) is 1.68. The average molecular weight is 451 g/mol. The van der Waals surface area contributed by atoms with Crippen molar-refractivity contribution in [2.24, 2.45) is 4.99 Å². The number of pyridine rings is 1. The number of hydrogen-bond acceptors (Lipinski definition) is 4. The Morgan fingerprint density at radius 3 is 2.78 bits per heavy atom. The van der Waals surface area contributed by atoms with Gasteiger partial charge in [-0.05, 0) is 18.4 Å². The van der Waals surface area contributed by atoms with Gasteiger partial charge in [0.1, 0.15) is 0 Å². The van der Waals surface area contributed by atoms with Crippen molar-refractivity contribution in [2.45, 2.75) is 6.42 Å². The number of thioether (sulfide) groups is 1. The van der Waals surface area contributed by atoms with Crippen LogP contribution in [-0.4, -0.2) is 67.5 Å². The number of carbonyl (C=O) groups excluding carboxylic acids is 1. The van der Waals surface area contributed by atoms with Gasteiger partial charge in [0.2, 0.25) is 5.91 Å². The lowest BCUT2D eigenvalue weighted by Crippen LogP contribution is -2.44. The molecule has 0 saturated heterocycles. The Bertz CT molecular complexity index is 472. The fourth-order valence-electron chi connectivity index (χ4n) is 1.74. The molecule has 1 heterocycles. The van der Waals surface area contributed by atoms with Gasteiger partial charge in [0.05, 0.1) is 6.54 Å². The Morgan fingerprint density at radius 2 is 2.17 bits per heavy atom. The van der Waals surface area contributed by atoms with Gasteiger partial charge in [-0.3, -0.25) is 14.8 Å². The van der Waals surface area contributed by atoms with Crippen LogP contribution < -0.4 is 10.6 Å². The van der Waals surface area contributed by atoms with Gasteiger partial charge in [0, 0.05) is 51.2 Å². The van der Waals surface area contributed by atoms with E-state index in [4.69, 9.17) is 0 Å². The van der Waals surface area contributed by atoms with E-state index in [9.17, 15) is 4.79 Å². The average Bonchev–Trinajstić information content (AvgIpc) is 2.56. The molecule has 0 unspecified atom stereocenters. The Labute approximate surface area is 159 Å². The van der Waals surface area contributed by atoms with E-state index >= 15 is 0 Å². The molecule has 0 spiro atoms. The SMILES string of the molecule is CN=C(NCCSC)NCC(=O)N(C)CCc1ccccn1.I. The highest BCUT2D eigenvalue weighted by Crippen LogP contribution is 1.96. The number of hydrogen-bond donors (Lipinski definition) is 2. The predicted octanol–water partition coefficient (Wildman–Crippen LogP) is 1.23. The second-order valence-electron chi connectivity index (χ2n) is 4.73. The van der Waals surface area contributed by atoms with Crippen molar-refractivity contribution in [2.75, 3.05) is 45.7 Å². The van der Waals surface area contributed by atoms with Gasteiger partial charge in [-0.1, -0.05) is 6.07 Å². The Balaban J connectivity index is 0.00000484. The van der Waals surface area contributed by atoms with Crippen molar-refractivity contribution in [3.05, 3.63) is 30.1 Å². The van der Waals surface area contributed by atoms with Gasteiger partial charge in [0.25, 0.3) is 0 Å². The molecule has 0 radical (unpaired) electrons. The lowest BCUT2D eigenvalue weighted by atomic mass is 10.2. The molecule has 23 heavy (non-hydrogen) atoms. The second kappa shape index (κ2) is 13.4. The van der Waals surface area contributed by atoms with E-state index in [1.807, 2.05) is 18.2 Å². The van der Waals surface area contributed by atoms with Gasteiger partial charge < -0.3 is 15.5 Å². The fourth-order valence-corrected chi connectivity index (χ4v) is 2.05. The van der Waals surface area contributed by atoms with E-state index in [1.165, 1.54) is 0 Å². The maximum absolute atomic E-state index is 12.1. The number of likely N-dealkylation sites (N-methyl/N-ethyl adjacent to an activating group) is 1. The second-order valence-corrected chi connectivity index (χ2v) is 5.72. The number of guanidine groups is 1. The van der Waals surface area contributed by atoms with E-state index in [-0.39, 0.29) is 36.4 Å². The number of nitrogens with zero attached hydrogens (tertiary/aromatic N) is 3. The van der Waals surface area contributed by atoms with E-state index in [0.717, 1.165) is 24.4 Å². The molecule has 0 aromatic carbocycles. The Hall–Kier alpha value is -1.03. The molecule has 0 aliphatic heterocycles. The van der Waals surface area contributed by atoms with Crippen molar-refractivity contribution in [3.8, 4) is 0 Å². The van der Waals surface area contributed by atoms with Crippen LogP contribution in [0.5, 0.6) is 0 Å². The maximum Gasteiger partial charge on any atom is 0.241 e. The Morgan fingerprint density at radius 1 is 1.39 bits per heavy atom. The third-order valence-corrected chi connectivity index (χ3v) is 3.70. The van der Waals surface area contributed by atoms with Crippen LogP contribution in [0.1, 0.15) is 5.69 Å². The molecule has 8 heteroatoms. The fraction of sp³-hybridized carbons (Fsp3) is 0.533. The summed E-state index contributed by atoms with van der Waals surface area (Å²) in [6.07, 6.45) is 4.57. The monoisotopic (exact) mass is 451 g/mol. The summed E-state index contributed by atoms with van der Waals surface area (Å²) in [4.78, 5) is 22.1. The van der Waals surface area contributed by atoms with Gasteiger partial charge in [-0.2, -0.15) is 11.8 Å². The molecular formula is C15H26IN5OS. The quantitative estimate of drug-likeness (QED) is 0.269. The zero-order chi connectivity index (χ0) is 16.2. The van der Waals surface area contributed by atoms with E-state index in [0.29, 0.717) is 12.5 Å². The van der Waals surface area contributed by atoms with E-state index in [1.54, 1.807) is 37.0 Å². The summed E-state index contributed by atoms with van der Waals surface area (Å²) in [5, 5.41) is 6.19. The summed E-state index contributed by atoms with van der Waals surface area (Å²) >= 11 is 1.76. The highest BCUT2D eigenvalue weighted by Gasteiger charge is 2.09. The summed E-state index contributed by atoms with van der Waals surface area (Å²) in [6, 6.07) is 5.81. The van der Waals surface area contributed by atoms with Crippen LogP contribution in [0.4, 0.5) is 0 Å². The van der Waals surface area contributed by atoms with Crippen molar-refractivity contribution < 1.29 is 4.79 Å². The zero-order valence-electron chi connectivity index (χ0n) is 13.9. The molecule has 1 aromatic rings. The molecule has 130 valence electrons. The lowest BCUT2D eigenvalue weighted by Gasteiger charge is -2.18. The summed E-state index contributed by atoms with van der Waals surface area (Å²) in [5.41, 5.74) is 0.990. The first kappa shape index (κ1) is 22.0. The highest BCUT2D eigenvalue weighted by atomic mass is 127. The van der Waals surface area contributed by atoms with Gasteiger partial charge in [-0.25, -0.2) is 0 Å². The molecule has 1 rings (SSSR count). The number of halogens is 1. The summed E-state index contributed by atoms with van der Waals surface area (Å²) < 4.78 is 0. The first-order valence-corrected chi connectivity index (χ1v) is 8.64. The normalized spacial score (nSPS) is 10.7. The molecule has 2 N–H and O–H groups in total. The minimum absolute atomic E-state index is 0. The minimum atomic E-state index is 0. The molecule has 1 aromatic heterocycles. The number of aliphatic imine (C=N–C) groups is 1. The van der Waals surface area contributed by atoms with E-state index in [2.05, 4.69) is 26.9 Å². The molecule has 0 aliphatic rings. The van der Waals surface area contributed by atoms with Crippen molar-refractivity contribution in [3.63, 3.8) is 0 Å². The summed E-state index contributed by atoms with van der Waals surface area (Å²) in [6.45, 7) is 1.71. The summed E-state index contributed by atoms with van der Waals surface area (Å²) in [7, 11) is 3.50. The van der Waals surface area contributed by atoms with Crippen molar-refractivity contribution >= 4 is 47.6 Å². The van der Waals surface area contributed by atoms with Gasteiger partial charge in [0.15, 0.2) is 5.96 Å². The Kier molecular flexibility index (Phi) is 12.8. The topological polar surface area (TPSA) is 69.6 Å². The molecule has 0 bridgehead atoms. The van der Waals surface area contributed by atoms with Gasteiger partial charge in [-0.15, -0.1) is 24.0 Å². The highest BCUT2D eigenvalue weighted by molar-refractivity contribution is 14.0. The minimum Gasteiger partial charge on any atom is -0.356 e. The first-order chi connectivity index (χ1) is 10.7. The van der Waals surface area contributed by atoms with Crippen LogP contribution in [-0.2, 0) is 11.2 Å². The third kappa shape index (κ3) is 9.65. The lowest BCUT2D eigenvalue weighted by molar-refractivity contribution is -0.128. The number of nitrogens with one attached hydrogen (secondary N) is 2. The predicted molar refractivity (Wildman–Crippen MR) is 109 cm³/mol. The van der Waals surface area contributed by atoms with Crippen molar-refractivity contribution in [1.29, 1.82) is 0 Å². The third-order valence-electron chi connectivity index (χ3n) is 3.08. The van der Waals surface area contributed by atoms with Crippen molar-refractivity contribution in [1.82, 2.24) is 20.5 Å². The molecule has 0 saturated carbocycles. The van der Waals surface area contributed by atoms with Crippen LogP contribution in [0, 0.1) is 0 Å². The smallest absolute Gasteiger partial charge is 0.241 e. The number of aromatic nitrogens is 1. The number of carbonyl (C=O) groups is 1. The van der Waals surface area contributed by atoms with Crippen LogP contribution in [0.3, 0.4) is 0 Å². The molecule has 1 amide bonds. The van der Waals surface area contributed by atoms with Crippen LogP contribution >= 0.6 is 35.7 Å². The molecule has 0 aliphatic carbocycles. The standard InChI is InChI=1S/C15H25N5OS.HI/c1-16-15(18-9-11-22-3)19-12-14(21)20(2)10-7-13-6-4-5-8-17-13;/h4-6,8H,7,9-12H2,1-3H3,(H2,16,18,19);1H. The van der Waals surface area contributed by atoms with Gasteiger partial charge >= 0.3 is 0 Å². The first-order valence-electron chi connectivity index (χ1n) is 7.24. The largest absolute Gasteiger partial charge is 0.356 e.